The van der Waals surface area contributed by atoms with Crippen molar-refractivity contribution in [3.8, 4) is 5.75 Å². The van der Waals surface area contributed by atoms with E-state index in [4.69, 9.17) is 15.0 Å². The fourth-order valence-corrected chi connectivity index (χ4v) is 1.79. The van der Waals surface area contributed by atoms with E-state index in [1.54, 1.807) is 0 Å². The maximum atomic E-state index is 6.00. The molecule has 1 aliphatic rings. The molecule has 5 heteroatoms. The molecule has 0 spiro atoms. The Morgan fingerprint density at radius 3 is 2.83 bits per heavy atom. The number of nitrogens with two attached hydrogens (primary N) is 1. The van der Waals surface area contributed by atoms with Crippen molar-refractivity contribution in [2.24, 2.45) is 11.7 Å². The van der Waals surface area contributed by atoms with E-state index in [0.717, 1.165) is 18.6 Å². The standard InChI is InChI=1S/C13H15N3O2/c14-12(9-6-7-9)13-15-11(18-16-13)8-17-10-4-2-1-3-5-10/h1-5,9,12H,6-8,14H2. The molecule has 3 rings (SSSR count). The molecular weight excluding hydrogens is 230 g/mol. The minimum Gasteiger partial charge on any atom is -0.484 e. The van der Waals surface area contributed by atoms with Crippen LogP contribution in [0.15, 0.2) is 34.9 Å². The van der Waals surface area contributed by atoms with Crippen molar-refractivity contribution in [2.45, 2.75) is 25.5 Å². The first-order valence-corrected chi connectivity index (χ1v) is 6.09. The molecule has 5 nitrogen and oxygen atoms in total. The SMILES string of the molecule is NC(c1noc(COc2ccccc2)n1)C1CC1. The molecule has 18 heavy (non-hydrogen) atoms. The van der Waals surface area contributed by atoms with Gasteiger partial charge in [-0.15, -0.1) is 0 Å². The topological polar surface area (TPSA) is 74.2 Å². The summed E-state index contributed by atoms with van der Waals surface area (Å²) in [6.07, 6.45) is 2.32. The maximum Gasteiger partial charge on any atom is 0.264 e. The van der Waals surface area contributed by atoms with Gasteiger partial charge in [0, 0.05) is 0 Å². The summed E-state index contributed by atoms with van der Waals surface area (Å²) in [6.45, 7) is 0.272. The van der Waals surface area contributed by atoms with Crippen LogP contribution in [0.25, 0.3) is 0 Å². The Balaban J connectivity index is 1.60. The molecule has 1 atom stereocenters. The van der Waals surface area contributed by atoms with Crippen LogP contribution in [0.2, 0.25) is 0 Å². The minimum atomic E-state index is -0.0979. The molecule has 1 aliphatic carbocycles. The molecule has 2 aromatic rings. The van der Waals surface area contributed by atoms with Gasteiger partial charge in [-0.1, -0.05) is 23.4 Å². The molecule has 0 radical (unpaired) electrons. The van der Waals surface area contributed by atoms with Gasteiger partial charge in [-0.2, -0.15) is 4.98 Å². The van der Waals surface area contributed by atoms with Gasteiger partial charge in [0.1, 0.15) is 5.75 Å². The van der Waals surface area contributed by atoms with E-state index < -0.39 is 0 Å². The maximum absolute atomic E-state index is 6.00. The summed E-state index contributed by atoms with van der Waals surface area (Å²) in [4.78, 5) is 4.26. The quantitative estimate of drug-likeness (QED) is 0.872. The predicted molar refractivity (Wildman–Crippen MR) is 64.7 cm³/mol. The van der Waals surface area contributed by atoms with Crippen molar-refractivity contribution in [2.75, 3.05) is 0 Å². The van der Waals surface area contributed by atoms with Crippen LogP contribution < -0.4 is 10.5 Å². The zero-order valence-corrected chi connectivity index (χ0v) is 9.95. The Kier molecular flexibility index (Phi) is 2.98. The van der Waals surface area contributed by atoms with Gasteiger partial charge in [-0.3, -0.25) is 0 Å². The third-order valence-electron chi connectivity index (χ3n) is 3.02. The zero-order valence-electron chi connectivity index (χ0n) is 9.95. The second kappa shape index (κ2) is 4.78. The summed E-state index contributed by atoms with van der Waals surface area (Å²) in [5.41, 5.74) is 6.00. The van der Waals surface area contributed by atoms with Crippen molar-refractivity contribution >= 4 is 0 Å². The molecule has 1 heterocycles. The van der Waals surface area contributed by atoms with Crippen LogP contribution in [0.5, 0.6) is 5.75 Å². The van der Waals surface area contributed by atoms with E-state index in [1.165, 1.54) is 0 Å². The van der Waals surface area contributed by atoms with Gasteiger partial charge in [0.25, 0.3) is 5.89 Å². The molecule has 1 aromatic heterocycles. The second-order valence-corrected chi connectivity index (χ2v) is 4.51. The van der Waals surface area contributed by atoms with Crippen molar-refractivity contribution in [1.82, 2.24) is 10.1 Å². The normalized spacial score (nSPS) is 16.5. The Bertz CT molecular complexity index is 508. The van der Waals surface area contributed by atoms with Crippen molar-refractivity contribution in [1.29, 1.82) is 0 Å². The monoisotopic (exact) mass is 245 g/mol. The summed E-state index contributed by atoms with van der Waals surface area (Å²) in [6, 6.07) is 9.43. The van der Waals surface area contributed by atoms with Crippen LogP contribution in [0.1, 0.15) is 30.6 Å². The number of benzene rings is 1. The van der Waals surface area contributed by atoms with Crippen molar-refractivity contribution < 1.29 is 9.26 Å². The third kappa shape index (κ3) is 2.51. The zero-order chi connectivity index (χ0) is 12.4. The third-order valence-corrected chi connectivity index (χ3v) is 3.02. The molecule has 1 fully saturated rings. The molecule has 1 saturated carbocycles. The summed E-state index contributed by atoms with van der Waals surface area (Å²) in [5, 5.41) is 3.90. The van der Waals surface area contributed by atoms with Crippen molar-refractivity contribution in [3.63, 3.8) is 0 Å². The van der Waals surface area contributed by atoms with Crippen LogP contribution >= 0.6 is 0 Å². The Hall–Kier alpha value is -1.88. The molecule has 0 amide bonds. The molecule has 1 aromatic carbocycles. The lowest BCUT2D eigenvalue weighted by molar-refractivity contribution is 0.242. The highest BCUT2D eigenvalue weighted by atomic mass is 16.5. The first-order valence-electron chi connectivity index (χ1n) is 6.09. The lowest BCUT2D eigenvalue weighted by Gasteiger charge is -2.02. The average Bonchev–Trinajstić information content (AvgIpc) is 3.15. The van der Waals surface area contributed by atoms with Gasteiger partial charge in [-0.05, 0) is 30.9 Å². The van der Waals surface area contributed by atoms with E-state index >= 15 is 0 Å². The summed E-state index contributed by atoms with van der Waals surface area (Å²) in [5.74, 6) is 2.35. The number of hydrogen-bond acceptors (Lipinski definition) is 5. The van der Waals surface area contributed by atoms with Crippen LogP contribution in [0.3, 0.4) is 0 Å². The van der Waals surface area contributed by atoms with E-state index in [9.17, 15) is 0 Å². The first-order chi connectivity index (χ1) is 8.83. The second-order valence-electron chi connectivity index (χ2n) is 4.51. The lowest BCUT2D eigenvalue weighted by Crippen LogP contribution is -2.14. The van der Waals surface area contributed by atoms with E-state index in [0.29, 0.717) is 17.6 Å². The van der Waals surface area contributed by atoms with Gasteiger partial charge in [0.05, 0.1) is 6.04 Å². The van der Waals surface area contributed by atoms with Gasteiger partial charge < -0.3 is 15.0 Å². The highest BCUT2D eigenvalue weighted by Crippen LogP contribution is 2.38. The molecule has 0 saturated heterocycles. The lowest BCUT2D eigenvalue weighted by atomic mass is 10.2. The first kappa shape index (κ1) is 11.2. The Morgan fingerprint density at radius 1 is 1.33 bits per heavy atom. The molecule has 2 N–H and O–H groups in total. The van der Waals surface area contributed by atoms with E-state index in [1.807, 2.05) is 30.3 Å². The van der Waals surface area contributed by atoms with Gasteiger partial charge in [-0.25, -0.2) is 0 Å². The fraction of sp³-hybridized carbons (Fsp3) is 0.385. The number of nitrogens with zero attached hydrogens (tertiary/aromatic N) is 2. The fourth-order valence-electron chi connectivity index (χ4n) is 1.79. The van der Waals surface area contributed by atoms with Crippen LogP contribution in [-0.4, -0.2) is 10.1 Å². The Morgan fingerprint density at radius 2 is 2.11 bits per heavy atom. The number of aromatic nitrogens is 2. The largest absolute Gasteiger partial charge is 0.484 e. The highest BCUT2D eigenvalue weighted by molar-refractivity contribution is 5.20. The molecular formula is C13H15N3O2. The summed E-state index contributed by atoms with van der Waals surface area (Å²) < 4.78 is 10.6. The van der Waals surface area contributed by atoms with Gasteiger partial charge >= 0.3 is 0 Å². The number of para-hydroxylation sites is 1. The van der Waals surface area contributed by atoms with E-state index in [2.05, 4.69) is 10.1 Å². The molecule has 0 aliphatic heterocycles. The minimum absolute atomic E-state index is 0.0979. The molecule has 0 bridgehead atoms. The van der Waals surface area contributed by atoms with Crippen LogP contribution in [0, 0.1) is 5.92 Å². The van der Waals surface area contributed by atoms with Gasteiger partial charge in [0.2, 0.25) is 0 Å². The van der Waals surface area contributed by atoms with Crippen LogP contribution in [0.4, 0.5) is 0 Å². The highest BCUT2D eigenvalue weighted by Gasteiger charge is 2.32. The number of rotatable bonds is 5. The van der Waals surface area contributed by atoms with Gasteiger partial charge in [0.15, 0.2) is 12.4 Å². The molecule has 94 valence electrons. The molecule has 1 unspecified atom stereocenters. The predicted octanol–water partition coefficient (Wildman–Crippen LogP) is 2.06. The number of ether oxygens (including phenoxy) is 1. The van der Waals surface area contributed by atoms with Crippen LogP contribution in [-0.2, 0) is 6.61 Å². The average molecular weight is 245 g/mol. The summed E-state index contributed by atoms with van der Waals surface area (Å²) >= 11 is 0. The van der Waals surface area contributed by atoms with Crippen molar-refractivity contribution in [3.05, 3.63) is 42.0 Å². The smallest absolute Gasteiger partial charge is 0.264 e. The Labute approximate surface area is 105 Å². The van der Waals surface area contributed by atoms with E-state index in [-0.39, 0.29) is 12.6 Å². The number of hydrogen-bond donors (Lipinski definition) is 1. The summed E-state index contributed by atoms with van der Waals surface area (Å²) in [7, 11) is 0.